The van der Waals surface area contributed by atoms with Gasteiger partial charge in [-0.25, -0.2) is 13.6 Å². The van der Waals surface area contributed by atoms with Crippen molar-refractivity contribution in [2.45, 2.75) is 37.3 Å². The Morgan fingerprint density at radius 3 is 2.67 bits per heavy atom. The summed E-state index contributed by atoms with van der Waals surface area (Å²) in [5.74, 6) is 0.322. The molecule has 2 N–H and O–H groups in total. The highest BCUT2D eigenvalue weighted by Crippen LogP contribution is 2.55. The van der Waals surface area contributed by atoms with Crippen molar-refractivity contribution in [1.82, 2.24) is 0 Å². The molecule has 1 aliphatic heterocycles. The first-order chi connectivity index (χ1) is 11.0. The molecule has 8 nitrogen and oxygen atoms in total. The van der Waals surface area contributed by atoms with Crippen molar-refractivity contribution < 1.29 is 18.1 Å². The van der Waals surface area contributed by atoms with Gasteiger partial charge in [0.15, 0.2) is 0 Å². The van der Waals surface area contributed by atoms with Gasteiger partial charge in [-0.05, 0) is 18.6 Å². The molecule has 9 heteroatoms. The molecule has 1 saturated heterocycles. The zero-order valence-electron chi connectivity index (χ0n) is 13.8. The molecule has 24 heavy (non-hydrogen) atoms. The van der Waals surface area contributed by atoms with Gasteiger partial charge >= 0.3 is 0 Å². The van der Waals surface area contributed by atoms with Crippen molar-refractivity contribution >= 4 is 21.4 Å². The summed E-state index contributed by atoms with van der Waals surface area (Å²) in [7, 11) is -2.19. The van der Waals surface area contributed by atoms with Crippen LogP contribution in [-0.4, -0.2) is 39.1 Å². The van der Waals surface area contributed by atoms with E-state index in [2.05, 4.69) is 13.8 Å². The van der Waals surface area contributed by atoms with Crippen molar-refractivity contribution in [2.75, 3.05) is 18.6 Å². The van der Waals surface area contributed by atoms with Crippen LogP contribution in [-0.2, 0) is 14.8 Å². The molecule has 2 fully saturated rings. The first-order valence-corrected chi connectivity index (χ1v) is 9.25. The number of fused-ring (bicyclic) bond motifs is 1. The van der Waals surface area contributed by atoms with Crippen molar-refractivity contribution in [2.24, 2.45) is 16.5 Å². The molecule has 0 amide bonds. The molecule has 2 aliphatic rings. The third-order valence-corrected chi connectivity index (χ3v) is 6.22. The molecule has 1 aromatic rings. The number of nitrogens with zero attached hydrogens (tertiary/aromatic N) is 2. The predicted octanol–water partition coefficient (Wildman–Crippen LogP) is 1.49. The van der Waals surface area contributed by atoms with E-state index in [4.69, 9.17) is 9.88 Å². The van der Waals surface area contributed by atoms with Crippen molar-refractivity contribution in [3.05, 3.63) is 28.3 Å². The van der Waals surface area contributed by atoms with E-state index in [0.717, 1.165) is 12.5 Å². The molecule has 1 aliphatic carbocycles. The Morgan fingerprint density at radius 2 is 2.08 bits per heavy atom. The lowest BCUT2D eigenvalue weighted by atomic mass is 9.56. The number of rotatable bonds is 4. The molecule has 0 bridgehead atoms. The van der Waals surface area contributed by atoms with Crippen LogP contribution in [0.4, 0.5) is 11.4 Å². The molecule has 3 unspecified atom stereocenters. The van der Waals surface area contributed by atoms with Gasteiger partial charge in [-0.15, -0.1) is 0 Å². The maximum atomic E-state index is 11.5. The molecule has 0 radical (unpaired) electrons. The Labute approximate surface area is 140 Å². The van der Waals surface area contributed by atoms with E-state index < -0.39 is 14.9 Å². The van der Waals surface area contributed by atoms with Crippen molar-refractivity contribution in [3.63, 3.8) is 0 Å². The number of nitro benzene ring substituents is 1. The van der Waals surface area contributed by atoms with E-state index in [0.29, 0.717) is 18.2 Å². The van der Waals surface area contributed by atoms with Crippen LogP contribution < -0.4 is 10.0 Å². The van der Waals surface area contributed by atoms with Crippen molar-refractivity contribution in [3.8, 4) is 0 Å². The van der Waals surface area contributed by atoms with E-state index >= 15 is 0 Å². The maximum Gasteiger partial charge on any atom is 0.293 e. The van der Waals surface area contributed by atoms with Crippen LogP contribution in [0.1, 0.15) is 20.3 Å². The van der Waals surface area contributed by atoms with Crippen LogP contribution in [0.3, 0.4) is 0 Å². The van der Waals surface area contributed by atoms with Crippen LogP contribution in [0.5, 0.6) is 0 Å². The van der Waals surface area contributed by atoms with Crippen LogP contribution >= 0.6 is 0 Å². The summed E-state index contributed by atoms with van der Waals surface area (Å²) < 4.78 is 28.7. The number of hydrogen-bond acceptors (Lipinski definition) is 6. The van der Waals surface area contributed by atoms with Gasteiger partial charge in [0.05, 0.1) is 15.9 Å². The average molecular weight is 355 g/mol. The monoisotopic (exact) mass is 355 g/mol. The Balaban J connectivity index is 2.01. The minimum atomic E-state index is -3.99. The van der Waals surface area contributed by atoms with Gasteiger partial charge in [-0.1, -0.05) is 13.8 Å². The van der Waals surface area contributed by atoms with E-state index in [1.807, 2.05) is 4.90 Å². The number of sulfonamides is 1. The average Bonchev–Trinajstić information content (AvgIpc) is 2.91. The summed E-state index contributed by atoms with van der Waals surface area (Å²) >= 11 is 0. The van der Waals surface area contributed by atoms with Crippen LogP contribution in [0.15, 0.2) is 23.1 Å². The SMILES string of the molecule is CN(c1ccc(S(N)(=O)=O)cc1[N+](=O)[O-])C1C2CCOC2C1(C)C. The Bertz CT molecular complexity index is 792. The highest BCUT2D eigenvalue weighted by molar-refractivity contribution is 7.89. The number of nitrogens with two attached hydrogens (primary N) is 1. The van der Waals surface area contributed by atoms with Gasteiger partial charge in [-0.2, -0.15) is 0 Å². The summed E-state index contributed by atoms with van der Waals surface area (Å²) in [6.45, 7) is 4.88. The molecular weight excluding hydrogens is 334 g/mol. The number of hydrogen-bond donors (Lipinski definition) is 1. The molecular formula is C15H21N3O5S. The number of nitro groups is 1. The second kappa shape index (κ2) is 5.40. The number of anilines is 1. The first-order valence-electron chi connectivity index (χ1n) is 7.71. The topological polar surface area (TPSA) is 116 Å². The molecule has 1 heterocycles. The van der Waals surface area contributed by atoms with Gasteiger partial charge in [0.25, 0.3) is 5.69 Å². The summed E-state index contributed by atoms with van der Waals surface area (Å²) in [4.78, 5) is 12.5. The Morgan fingerprint density at radius 1 is 1.42 bits per heavy atom. The van der Waals surface area contributed by atoms with Gasteiger partial charge in [0.1, 0.15) is 5.69 Å². The number of ether oxygens (including phenoxy) is 1. The minimum absolute atomic E-state index is 0.0871. The van der Waals surface area contributed by atoms with E-state index in [9.17, 15) is 18.5 Å². The van der Waals surface area contributed by atoms with Gasteiger partial charge in [0, 0.05) is 37.1 Å². The van der Waals surface area contributed by atoms with Gasteiger partial charge in [0.2, 0.25) is 10.0 Å². The van der Waals surface area contributed by atoms with Crippen LogP contribution in [0, 0.1) is 21.4 Å². The molecule has 3 atom stereocenters. The smallest absolute Gasteiger partial charge is 0.293 e. The summed E-state index contributed by atoms with van der Waals surface area (Å²) in [6.07, 6.45) is 1.08. The van der Waals surface area contributed by atoms with Crippen LogP contribution in [0.25, 0.3) is 0 Å². The molecule has 132 valence electrons. The van der Waals surface area contributed by atoms with E-state index in [1.165, 1.54) is 12.1 Å². The zero-order valence-corrected chi connectivity index (χ0v) is 14.6. The summed E-state index contributed by atoms with van der Waals surface area (Å²) in [5, 5.41) is 16.5. The highest BCUT2D eigenvalue weighted by atomic mass is 32.2. The number of primary sulfonamides is 1. The van der Waals surface area contributed by atoms with Gasteiger partial charge in [-0.3, -0.25) is 10.1 Å². The maximum absolute atomic E-state index is 11.5. The Hall–Kier alpha value is -1.71. The minimum Gasteiger partial charge on any atom is -0.377 e. The second-order valence-electron chi connectivity index (χ2n) is 7.07. The highest BCUT2D eigenvalue weighted by Gasteiger charge is 2.61. The largest absolute Gasteiger partial charge is 0.377 e. The standard InChI is InChI=1S/C15H21N3O5S/c1-15(2)13(10-6-7-23-14(10)15)17(3)11-5-4-9(24(16,21)22)8-12(11)18(19)20/h4-5,8,10,13-14H,6-7H2,1-3H3,(H2,16,21,22). The first kappa shape index (κ1) is 17.1. The van der Waals surface area contributed by atoms with E-state index in [1.54, 1.807) is 7.05 Å². The fraction of sp³-hybridized carbons (Fsp3) is 0.600. The quantitative estimate of drug-likeness (QED) is 0.646. The second-order valence-corrected chi connectivity index (χ2v) is 8.64. The number of benzene rings is 1. The summed E-state index contributed by atoms with van der Waals surface area (Å²) in [6, 6.07) is 3.87. The Kier molecular flexibility index (Phi) is 3.85. The third-order valence-electron chi connectivity index (χ3n) is 5.31. The molecule has 0 aromatic heterocycles. The van der Waals surface area contributed by atoms with Crippen molar-refractivity contribution in [1.29, 1.82) is 0 Å². The molecule has 1 saturated carbocycles. The van der Waals surface area contributed by atoms with Gasteiger partial charge < -0.3 is 9.64 Å². The summed E-state index contributed by atoms with van der Waals surface area (Å²) in [5.41, 5.74) is -0.0133. The molecule has 0 spiro atoms. The zero-order chi connectivity index (χ0) is 17.9. The lowest BCUT2D eigenvalue weighted by Crippen LogP contribution is -2.66. The lowest BCUT2D eigenvalue weighted by Gasteiger charge is -2.58. The molecule has 1 aromatic carbocycles. The lowest BCUT2D eigenvalue weighted by molar-refractivity contribution is -0.384. The molecule has 3 rings (SSSR count). The fourth-order valence-electron chi connectivity index (χ4n) is 4.36. The van der Waals surface area contributed by atoms with E-state index in [-0.39, 0.29) is 28.1 Å². The fourth-order valence-corrected chi connectivity index (χ4v) is 4.89. The predicted molar refractivity (Wildman–Crippen MR) is 88.3 cm³/mol. The normalized spacial score (nSPS) is 28.1. The van der Waals surface area contributed by atoms with Crippen LogP contribution in [0.2, 0.25) is 0 Å². The third kappa shape index (κ3) is 2.47.